The minimum Gasteiger partial charge on any atom is -0.466 e. The first-order valence-electron chi connectivity index (χ1n) is 12.9. The lowest BCUT2D eigenvalue weighted by molar-refractivity contribution is -0.149. The maximum absolute atomic E-state index is 11.8. The summed E-state index contributed by atoms with van der Waals surface area (Å²) in [6.45, 7) is 6.94. The third kappa shape index (κ3) is 21.6. The second-order valence-electron chi connectivity index (χ2n) is 8.76. The number of hydrogen-bond acceptors (Lipinski definition) is 4. The second kappa shape index (κ2) is 22.6. The topological polar surface area (TPSA) is 52.6 Å². The summed E-state index contributed by atoms with van der Waals surface area (Å²) in [6, 6.07) is 0. The first-order chi connectivity index (χ1) is 14.6. The number of carbonyl (C=O) groups is 2. The van der Waals surface area contributed by atoms with E-state index in [1.165, 1.54) is 70.6 Å². The molecule has 4 nitrogen and oxygen atoms in total. The first-order valence-corrected chi connectivity index (χ1v) is 12.9. The van der Waals surface area contributed by atoms with Crippen molar-refractivity contribution < 1.29 is 19.1 Å². The van der Waals surface area contributed by atoms with Crippen molar-refractivity contribution in [2.24, 2.45) is 0 Å². The minimum absolute atomic E-state index is 0.000351. The Bertz CT molecular complexity index is 394. The number of hydrogen-bond donors (Lipinski definition) is 0. The third-order valence-corrected chi connectivity index (χ3v) is 5.57. The molecule has 0 aromatic carbocycles. The fourth-order valence-electron chi connectivity index (χ4n) is 3.59. The molecule has 0 amide bonds. The molecule has 4 heteroatoms. The fourth-order valence-corrected chi connectivity index (χ4v) is 3.59. The molecule has 0 fully saturated rings. The van der Waals surface area contributed by atoms with Crippen LogP contribution in [0.2, 0.25) is 0 Å². The van der Waals surface area contributed by atoms with E-state index in [-0.39, 0.29) is 18.0 Å². The third-order valence-electron chi connectivity index (χ3n) is 5.57. The zero-order chi connectivity index (χ0) is 22.3. The van der Waals surface area contributed by atoms with Crippen LogP contribution in [0.1, 0.15) is 143 Å². The van der Waals surface area contributed by atoms with Crippen molar-refractivity contribution in [3.05, 3.63) is 0 Å². The van der Waals surface area contributed by atoms with Crippen molar-refractivity contribution in [3.8, 4) is 0 Å². The van der Waals surface area contributed by atoms with Crippen molar-refractivity contribution in [2.75, 3.05) is 6.61 Å². The highest BCUT2D eigenvalue weighted by atomic mass is 16.5. The van der Waals surface area contributed by atoms with E-state index in [1.807, 2.05) is 6.92 Å². The average Bonchev–Trinajstić information content (AvgIpc) is 2.72. The molecule has 1 unspecified atom stereocenters. The molecule has 0 aliphatic rings. The van der Waals surface area contributed by atoms with Gasteiger partial charge in [0.1, 0.15) is 0 Å². The van der Waals surface area contributed by atoms with Crippen LogP contribution in [-0.2, 0) is 19.1 Å². The van der Waals surface area contributed by atoms with Crippen LogP contribution in [0, 0.1) is 0 Å². The predicted octanol–water partition coefficient (Wildman–Crippen LogP) is 7.91. The molecule has 0 radical (unpaired) electrons. The minimum atomic E-state index is -0.142. The Balaban J connectivity index is 3.39. The zero-order valence-electron chi connectivity index (χ0n) is 20.4. The van der Waals surface area contributed by atoms with Gasteiger partial charge in [-0.1, -0.05) is 90.9 Å². The number of esters is 2. The second-order valence-corrected chi connectivity index (χ2v) is 8.76. The van der Waals surface area contributed by atoms with Crippen LogP contribution in [0.5, 0.6) is 0 Å². The Morgan fingerprint density at radius 2 is 1.07 bits per heavy atom. The Morgan fingerprint density at radius 3 is 1.63 bits per heavy atom. The van der Waals surface area contributed by atoms with E-state index in [0.29, 0.717) is 32.3 Å². The summed E-state index contributed by atoms with van der Waals surface area (Å²) in [6.07, 6.45) is 20.7. The monoisotopic (exact) mass is 426 g/mol. The fraction of sp³-hybridized carbons (Fsp3) is 0.923. The van der Waals surface area contributed by atoms with Crippen LogP contribution in [0.4, 0.5) is 0 Å². The molecule has 0 aromatic heterocycles. The Kier molecular flexibility index (Phi) is 21.8. The van der Waals surface area contributed by atoms with Gasteiger partial charge < -0.3 is 9.47 Å². The molecular formula is C26H50O4. The molecule has 30 heavy (non-hydrogen) atoms. The normalized spacial score (nSPS) is 12.0. The number of carbonyl (C=O) groups excluding carboxylic acids is 2. The summed E-state index contributed by atoms with van der Waals surface area (Å²) >= 11 is 0. The molecule has 0 heterocycles. The lowest BCUT2D eigenvalue weighted by Crippen LogP contribution is -2.14. The van der Waals surface area contributed by atoms with Crippen molar-refractivity contribution >= 4 is 11.9 Å². The Hall–Kier alpha value is -1.06. The van der Waals surface area contributed by atoms with Crippen LogP contribution in [0.25, 0.3) is 0 Å². The van der Waals surface area contributed by atoms with E-state index in [0.717, 1.165) is 25.7 Å². The molecule has 0 spiro atoms. The van der Waals surface area contributed by atoms with E-state index in [9.17, 15) is 9.59 Å². The van der Waals surface area contributed by atoms with Gasteiger partial charge in [0.25, 0.3) is 0 Å². The van der Waals surface area contributed by atoms with E-state index in [2.05, 4.69) is 13.8 Å². The number of unbranched alkanes of at least 4 members (excludes halogenated alkanes) is 13. The van der Waals surface area contributed by atoms with Gasteiger partial charge in [-0.05, 0) is 39.0 Å². The van der Waals surface area contributed by atoms with E-state index < -0.39 is 0 Å². The standard InChI is InChI=1S/C26H50O4/c1-4-6-8-10-11-12-13-14-15-19-23-29-25(27)21-17-18-22-26(28)30-24(3)20-16-9-7-5-2/h24H,4-23H2,1-3H3. The molecule has 0 bridgehead atoms. The SMILES string of the molecule is CCCCCCCCCCCCOC(=O)CCCCC(=O)OC(C)CCCCCC. The van der Waals surface area contributed by atoms with Gasteiger partial charge in [0.15, 0.2) is 0 Å². The molecule has 0 aliphatic heterocycles. The molecule has 0 saturated carbocycles. The van der Waals surface area contributed by atoms with Gasteiger partial charge in [-0.15, -0.1) is 0 Å². The van der Waals surface area contributed by atoms with E-state index >= 15 is 0 Å². The van der Waals surface area contributed by atoms with Crippen molar-refractivity contribution in [2.45, 2.75) is 149 Å². The molecule has 0 rings (SSSR count). The maximum Gasteiger partial charge on any atom is 0.306 e. The van der Waals surface area contributed by atoms with Gasteiger partial charge in [0.2, 0.25) is 0 Å². The van der Waals surface area contributed by atoms with Gasteiger partial charge in [-0.3, -0.25) is 9.59 Å². The van der Waals surface area contributed by atoms with Gasteiger partial charge in [0, 0.05) is 12.8 Å². The molecule has 0 aliphatic carbocycles. The molecule has 0 saturated heterocycles. The van der Waals surface area contributed by atoms with Gasteiger partial charge in [-0.25, -0.2) is 0 Å². The largest absolute Gasteiger partial charge is 0.466 e. The quantitative estimate of drug-likeness (QED) is 0.130. The summed E-state index contributed by atoms with van der Waals surface area (Å²) in [5.74, 6) is -0.277. The highest BCUT2D eigenvalue weighted by Gasteiger charge is 2.10. The summed E-state index contributed by atoms with van der Waals surface area (Å²) < 4.78 is 10.7. The first kappa shape index (κ1) is 28.9. The number of rotatable bonds is 22. The molecular weight excluding hydrogens is 376 g/mol. The lowest BCUT2D eigenvalue weighted by atomic mass is 10.1. The van der Waals surface area contributed by atoms with Gasteiger partial charge in [-0.2, -0.15) is 0 Å². The van der Waals surface area contributed by atoms with E-state index in [4.69, 9.17) is 9.47 Å². The summed E-state index contributed by atoms with van der Waals surface area (Å²) in [5.41, 5.74) is 0. The maximum atomic E-state index is 11.8. The number of ether oxygens (including phenoxy) is 2. The lowest BCUT2D eigenvalue weighted by Gasteiger charge is -2.13. The van der Waals surface area contributed by atoms with Crippen molar-refractivity contribution in [1.82, 2.24) is 0 Å². The average molecular weight is 427 g/mol. The van der Waals surface area contributed by atoms with Crippen LogP contribution in [0.15, 0.2) is 0 Å². The predicted molar refractivity (Wildman–Crippen MR) is 126 cm³/mol. The smallest absolute Gasteiger partial charge is 0.306 e. The Morgan fingerprint density at radius 1 is 0.600 bits per heavy atom. The van der Waals surface area contributed by atoms with Crippen LogP contribution in [0.3, 0.4) is 0 Å². The molecule has 1 atom stereocenters. The molecule has 0 aromatic rings. The highest BCUT2D eigenvalue weighted by molar-refractivity contribution is 5.70. The van der Waals surface area contributed by atoms with Crippen molar-refractivity contribution in [1.29, 1.82) is 0 Å². The molecule has 178 valence electrons. The summed E-state index contributed by atoms with van der Waals surface area (Å²) in [7, 11) is 0. The van der Waals surface area contributed by atoms with Crippen LogP contribution < -0.4 is 0 Å². The van der Waals surface area contributed by atoms with Crippen LogP contribution in [-0.4, -0.2) is 24.6 Å². The highest BCUT2D eigenvalue weighted by Crippen LogP contribution is 2.12. The van der Waals surface area contributed by atoms with Gasteiger partial charge in [0.05, 0.1) is 12.7 Å². The Labute approximate surface area is 186 Å². The molecule has 0 N–H and O–H groups in total. The van der Waals surface area contributed by atoms with Crippen molar-refractivity contribution in [3.63, 3.8) is 0 Å². The summed E-state index contributed by atoms with van der Waals surface area (Å²) in [5, 5.41) is 0. The summed E-state index contributed by atoms with van der Waals surface area (Å²) in [4.78, 5) is 23.6. The zero-order valence-corrected chi connectivity index (χ0v) is 20.4. The van der Waals surface area contributed by atoms with E-state index in [1.54, 1.807) is 0 Å². The van der Waals surface area contributed by atoms with Gasteiger partial charge >= 0.3 is 11.9 Å². The van der Waals surface area contributed by atoms with Crippen LogP contribution >= 0.6 is 0 Å².